The number of carbonyl (C=O) groups excluding carboxylic acids is 1. The Bertz CT molecular complexity index is 209. The second kappa shape index (κ2) is 4.26. The molecular weight excluding hydrogens is 183 g/mol. The third kappa shape index (κ3) is 2.05. The molecular formula is C10H17FN2O. The van der Waals surface area contributed by atoms with Gasteiger partial charge in [0.2, 0.25) is 5.91 Å². The molecule has 80 valence electrons. The topological polar surface area (TPSA) is 32.3 Å². The number of amides is 1. The van der Waals surface area contributed by atoms with Crippen molar-refractivity contribution in [3.05, 3.63) is 0 Å². The van der Waals surface area contributed by atoms with Gasteiger partial charge in [-0.15, -0.1) is 0 Å². The lowest BCUT2D eigenvalue weighted by atomic mass is 10.0. The molecule has 0 aromatic heterocycles. The summed E-state index contributed by atoms with van der Waals surface area (Å²) in [6.07, 6.45) is 2.87. The zero-order valence-electron chi connectivity index (χ0n) is 8.34. The van der Waals surface area contributed by atoms with Crippen LogP contribution < -0.4 is 5.32 Å². The number of halogens is 1. The second-order valence-electron chi connectivity index (χ2n) is 4.17. The molecule has 2 rings (SSSR count). The fourth-order valence-electron chi connectivity index (χ4n) is 2.20. The normalized spacial score (nSPS) is 33.4. The zero-order chi connectivity index (χ0) is 9.97. The van der Waals surface area contributed by atoms with Crippen molar-refractivity contribution in [3.8, 4) is 0 Å². The number of likely N-dealkylation sites (tertiary alicyclic amines) is 1. The quantitative estimate of drug-likeness (QED) is 0.675. The molecule has 2 fully saturated rings. The average molecular weight is 200 g/mol. The van der Waals surface area contributed by atoms with Gasteiger partial charge in [-0.2, -0.15) is 0 Å². The van der Waals surface area contributed by atoms with Crippen LogP contribution in [0.15, 0.2) is 0 Å². The number of rotatable bonds is 1. The van der Waals surface area contributed by atoms with Crippen molar-refractivity contribution in [2.24, 2.45) is 0 Å². The van der Waals surface area contributed by atoms with E-state index in [9.17, 15) is 9.18 Å². The number of hydrogen-bond acceptors (Lipinski definition) is 2. The van der Waals surface area contributed by atoms with Gasteiger partial charge in [-0.25, -0.2) is 4.39 Å². The third-order valence-electron chi connectivity index (χ3n) is 3.05. The highest BCUT2D eigenvalue weighted by atomic mass is 19.1. The van der Waals surface area contributed by atoms with Crippen molar-refractivity contribution < 1.29 is 9.18 Å². The zero-order valence-corrected chi connectivity index (χ0v) is 8.34. The number of hydrogen-bond donors (Lipinski definition) is 1. The lowest BCUT2D eigenvalue weighted by molar-refractivity contribution is -0.133. The number of piperidine rings is 1. The molecule has 0 radical (unpaired) electrons. The lowest BCUT2D eigenvalue weighted by Gasteiger charge is -2.26. The van der Waals surface area contributed by atoms with Gasteiger partial charge in [0.25, 0.3) is 0 Å². The van der Waals surface area contributed by atoms with E-state index in [1.807, 2.05) is 0 Å². The molecule has 3 nitrogen and oxygen atoms in total. The van der Waals surface area contributed by atoms with Crippen LogP contribution in [0, 0.1) is 0 Å². The molecule has 4 heteroatoms. The Morgan fingerprint density at radius 2 is 2.21 bits per heavy atom. The van der Waals surface area contributed by atoms with E-state index in [0.717, 1.165) is 25.8 Å². The first-order valence-corrected chi connectivity index (χ1v) is 5.43. The Morgan fingerprint density at radius 3 is 2.79 bits per heavy atom. The van der Waals surface area contributed by atoms with E-state index in [0.29, 0.717) is 19.5 Å². The van der Waals surface area contributed by atoms with Gasteiger partial charge in [0.15, 0.2) is 0 Å². The number of alkyl halides is 1. The summed E-state index contributed by atoms with van der Waals surface area (Å²) < 4.78 is 12.9. The van der Waals surface area contributed by atoms with E-state index in [2.05, 4.69) is 5.32 Å². The molecule has 2 atom stereocenters. The first-order chi connectivity index (χ1) is 6.77. The molecule has 0 aromatic carbocycles. The highest BCUT2D eigenvalue weighted by molar-refractivity contribution is 5.82. The van der Waals surface area contributed by atoms with Crippen LogP contribution in [0.5, 0.6) is 0 Å². The molecule has 0 aromatic rings. The Hall–Kier alpha value is -0.640. The second-order valence-corrected chi connectivity index (χ2v) is 4.17. The lowest BCUT2D eigenvalue weighted by Crippen LogP contribution is -2.47. The summed E-state index contributed by atoms with van der Waals surface area (Å²) in [5, 5.41) is 3.20. The van der Waals surface area contributed by atoms with Crippen molar-refractivity contribution in [2.45, 2.75) is 37.9 Å². The van der Waals surface area contributed by atoms with Crippen LogP contribution >= 0.6 is 0 Å². The molecule has 0 aliphatic carbocycles. The summed E-state index contributed by atoms with van der Waals surface area (Å²) >= 11 is 0. The fraction of sp³-hybridized carbons (Fsp3) is 0.900. The predicted molar refractivity (Wildman–Crippen MR) is 51.7 cm³/mol. The van der Waals surface area contributed by atoms with Gasteiger partial charge < -0.3 is 10.2 Å². The van der Waals surface area contributed by atoms with Gasteiger partial charge in [-0.05, 0) is 25.8 Å². The molecule has 2 heterocycles. The minimum atomic E-state index is -0.803. The van der Waals surface area contributed by atoms with Crippen LogP contribution in [-0.4, -0.2) is 42.7 Å². The smallest absolute Gasteiger partial charge is 0.239 e. The molecule has 1 amide bonds. The minimum Gasteiger partial charge on any atom is -0.338 e. The van der Waals surface area contributed by atoms with Crippen LogP contribution in [0.1, 0.15) is 25.7 Å². The Morgan fingerprint density at radius 1 is 1.36 bits per heavy atom. The summed E-state index contributed by atoms with van der Waals surface area (Å²) in [6.45, 7) is 1.82. The summed E-state index contributed by atoms with van der Waals surface area (Å²) in [5.74, 6) is 0.102. The van der Waals surface area contributed by atoms with E-state index >= 15 is 0 Å². The fourth-order valence-corrected chi connectivity index (χ4v) is 2.20. The van der Waals surface area contributed by atoms with Gasteiger partial charge >= 0.3 is 0 Å². The highest BCUT2D eigenvalue weighted by Crippen LogP contribution is 2.16. The van der Waals surface area contributed by atoms with Crippen LogP contribution in [-0.2, 0) is 4.79 Å². The number of carbonyl (C=O) groups is 1. The first-order valence-electron chi connectivity index (χ1n) is 5.43. The Balaban J connectivity index is 1.87. The van der Waals surface area contributed by atoms with Crippen LogP contribution in [0.25, 0.3) is 0 Å². The van der Waals surface area contributed by atoms with E-state index < -0.39 is 6.17 Å². The van der Waals surface area contributed by atoms with E-state index in [1.54, 1.807) is 4.90 Å². The average Bonchev–Trinajstić information content (AvgIpc) is 2.65. The summed E-state index contributed by atoms with van der Waals surface area (Å²) in [5.41, 5.74) is 0. The third-order valence-corrected chi connectivity index (χ3v) is 3.05. The maximum atomic E-state index is 12.9. The molecule has 2 saturated heterocycles. The predicted octanol–water partition coefficient (Wildman–Crippen LogP) is 0.699. The summed E-state index contributed by atoms with van der Waals surface area (Å²) in [6, 6.07) is -0.0472. The Kier molecular flexibility index (Phi) is 3.01. The standard InChI is InChI=1S/C10H17FN2O/c11-8-4-6-13(7-8)10(14)9-3-1-2-5-12-9/h8-9,12H,1-7H2/t8-,9+/m1/s1. The van der Waals surface area contributed by atoms with E-state index in [-0.39, 0.29) is 11.9 Å². The number of nitrogens with zero attached hydrogens (tertiary/aromatic N) is 1. The van der Waals surface area contributed by atoms with E-state index in [1.165, 1.54) is 0 Å². The van der Waals surface area contributed by atoms with Crippen molar-refractivity contribution in [2.75, 3.05) is 19.6 Å². The van der Waals surface area contributed by atoms with Crippen LogP contribution in [0.2, 0.25) is 0 Å². The van der Waals surface area contributed by atoms with Gasteiger partial charge in [0.1, 0.15) is 6.17 Å². The molecule has 0 spiro atoms. The summed E-state index contributed by atoms with van der Waals surface area (Å²) in [4.78, 5) is 13.5. The largest absolute Gasteiger partial charge is 0.338 e. The first kappa shape index (κ1) is 9.90. The maximum Gasteiger partial charge on any atom is 0.239 e. The van der Waals surface area contributed by atoms with Gasteiger partial charge in [0.05, 0.1) is 12.6 Å². The van der Waals surface area contributed by atoms with E-state index in [4.69, 9.17) is 0 Å². The van der Waals surface area contributed by atoms with Crippen molar-refractivity contribution >= 4 is 5.91 Å². The molecule has 0 bridgehead atoms. The molecule has 2 aliphatic rings. The van der Waals surface area contributed by atoms with Gasteiger partial charge in [-0.3, -0.25) is 4.79 Å². The van der Waals surface area contributed by atoms with Gasteiger partial charge in [-0.1, -0.05) is 6.42 Å². The highest BCUT2D eigenvalue weighted by Gasteiger charge is 2.31. The monoisotopic (exact) mass is 200 g/mol. The van der Waals surface area contributed by atoms with Gasteiger partial charge in [0, 0.05) is 6.54 Å². The van der Waals surface area contributed by atoms with Crippen LogP contribution in [0.4, 0.5) is 4.39 Å². The van der Waals surface area contributed by atoms with Crippen molar-refractivity contribution in [3.63, 3.8) is 0 Å². The number of nitrogens with one attached hydrogen (secondary N) is 1. The molecule has 14 heavy (non-hydrogen) atoms. The summed E-state index contributed by atoms with van der Waals surface area (Å²) in [7, 11) is 0. The maximum absolute atomic E-state index is 12.9. The Labute approximate surface area is 83.6 Å². The molecule has 0 unspecified atom stereocenters. The van der Waals surface area contributed by atoms with Crippen molar-refractivity contribution in [1.29, 1.82) is 0 Å². The molecule has 2 aliphatic heterocycles. The molecule has 0 saturated carbocycles. The molecule has 1 N–H and O–H groups in total. The minimum absolute atomic E-state index is 0.0472. The van der Waals surface area contributed by atoms with Crippen molar-refractivity contribution in [1.82, 2.24) is 10.2 Å². The SMILES string of the molecule is O=C([C@@H]1CCCCN1)N1CC[C@@H](F)C1. The van der Waals surface area contributed by atoms with Crippen LogP contribution in [0.3, 0.4) is 0 Å².